The predicted molar refractivity (Wildman–Crippen MR) is 116 cm³/mol. The molecular formula is C24H29N3O3. The van der Waals surface area contributed by atoms with Crippen molar-refractivity contribution in [1.29, 1.82) is 0 Å². The van der Waals surface area contributed by atoms with Gasteiger partial charge in [-0.15, -0.1) is 0 Å². The Labute approximate surface area is 178 Å². The van der Waals surface area contributed by atoms with Crippen LogP contribution in [-0.2, 0) is 4.79 Å². The van der Waals surface area contributed by atoms with Crippen LogP contribution in [-0.4, -0.2) is 66.8 Å². The largest absolute Gasteiger partial charge is 0.483 e. The first kappa shape index (κ1) is 19.2. The number of anilines is 1. The molecule has 6 heteroatoms. The molecule has 3 heterocycles. The van der Waals surface area contributed by atoms with Crippen molar-refractivity contribution >= 4 is 11.6 Å². The van der Waals surface area contributed by atoms with Crippen LogP contribution in [0.2, 0.25) is 0 Å². The molecule has 0 saturated carbocycles. The van der Waals surface area contributed by atoms with Crippen LogP contribution in [0.3, 0.4) is 0 Å². The minimum atomic E-state index is -0.436. The minimum absolute atomic E-state index is 0.00384. The lowest BCUT2D eigenvalue weighted by atomic mass is 9.85. The second-order valence-corrected chi connectivity index (χ2v) is 8.67. The molecule has 6 nitrogen and oxygen atoms in total. The van der Waals surface area contributed by atoms with Crippen molar-refractivity contribution in [2.75, 3.05) is 38.3 Å². The number of likely N-dealkylation sites (tertiary alicyclic amines) is 1. The van der Waals surface area contributed by atoms with Gasteiger partial charge in [-0.3, -0.25) is 9.69 Å². The molecule has 0 radical (unpaired) electrons. The van der Waals surface area contributed by atoms with E-state index in [4.69, 9.17) is 9.47 Å². The topological polar surface area (TPSA) is 45.3 Å². The van der Waals surface area contributed by atoms with Crippen molar-refractivity contribution in [2.24, 2.45) is 0 Å². The maximum absolute atomic E-state index is 13.2. The number of rotatable bonds is 3. The summed E-state index contributed by atoms with van der Waals surface area (Å²) in [6.07, 6.45) is 1.63. The summed E-state index contributed by atoms with van der Waals surface area (Å²) in [7, 11) is 1.91. The fourth-order valence-electron chi connectivity index (χ4n) is 5.03. The van der Waals surface area contributed by atoms with Gasteiger partial charge in [0.1, 0.15) is 17.7 Å². The Balaban J connectivity index is 1.28. The SMILES string of the molecule is C[C@H]1Oc2ccccc2O[C@H]1CN1CCC2(CC1)C(=O)N(C)CN2c1ccccc1. The van der Waals surface area contributed by atoms with Crippen molar-refractivity contribution in [1.82, 2.24) is 9.80 Å². The van der Waals surface area contributed by atoms with Crippen LogP contribution in [0, 0.1) is 0 Å². The Morgan fingerprint density at radius 3 is 2.30 bits per heavy atom. The van der Waals surface area contributed by atoms with E-state index in [0.717, 1.165) is 49.7 Å². The predicted octanol–water partition coefficient (Wildman–Crippen LogP) is 2.99. The maximum atomic E-state index is 13.2. The highest BCUT2D eigenvalue weighted by Gasteiger charge is 2.52. The standard InChI is InChI=1S/C24H29N3O3/c1-18-22(30-21-11-7-6-10-20(21)29-18)16-26-14-12-24(13-15-26)23(28)25(2)17-27(24)19-8-4-3-5-9-19/h3-11,18,22H,12-17H2,1-2H3/t18-,22+/m1/s1. The summed E-state index contributed by atoms with van der Waals surface area (Å²) in [5.41, 5.74) is 0.687. The maximum Gasteiger partial charge on any atom is 0.249 e. The summed E-state index contributed by atoms with van der Waals surface area (Å²) in [5.74, 6) is 1.87. The van der Waals surface area contributed by atoms with Gasteiger partial charge < -0.3 is 19.3 Å². The molecule has 0 aliphatic carbocycles. The van der Waals surface area contributed by atoms with Gasteiger partial charge in [0, 0.05) is 32.4 Å². The number of hydrogen-bond donors (Lipinski definition) is 0. The molecule has 158 valence electrons. The van der Waals surface area contributed by atoms with Crippen molar-refractivity contribution in [3.05, 3.63) is 54.6 Å². The molecule has 2 aromatic rings. The van der Waals surface area contributed by atoms with Gasteiger partial charge in [0.2, 0.25) is 5.91 Å². The first-order chi connectivity index (χ1) is 14.6. The third-order valence-corrected chi connectivity index (χ3v) is 6.77. The minimum Gasteiger partial charge on any atom is -0.483 e. The Morgan fingerprint density at radius 2 is 1.60 bits per heavy atom. The van der Waals surface area contributed by atoms with Crippen molar-refractivity contribution in [3.8, 4) is 11.5 Å². The molecule has 0 unspecified atom stereocenters. The first-order valence-electron chi connectivity index (χ1n) is 10.8. The van der Waals surface area contributed by atoms with Crippen LogP contribution in [0.15, 0.2) is 54.6 Å². The number of benzene rings is 2. The molecule has 2 aromatic carbocycles. The average Bonchev–Trinajstić information content (AvgIpc) is 3.01. The number of ether oxygens (including phenoxy) is 2. The van der Waals surface area contributed by atoms with Gasteiger partial charge in [-0.2, -0.15) is 0 Å². The van der Waals surface area contributed by atoms with Crippen LogP contribution < -0.4 is 14.4 Å². The van der Waals surface area contributed by atoms with E-state index in [2.05, 4.69) is 28.9 Å². The second-order valence-electron chi connectivity index (χ2n) is 8.67. The Hall–Kier alpha value is -2.73. The molecule has 1 spiro atoms. The van der Waals surface area contributed by atoms with E-state index in [1.165, 1.54) is 0 Å². The fourth-order valence-corrected chi connectivity index (χ4v) is 5.03. The molecule has 0 bridgehead atoms. The summed E-state index contributed by atoms with van der Waals surface area (Å²) in [5, 5.41) is 0. The highest BCUT2D eigenvalue weighted by Crippen LogP contribution is 2.39. The summed E-state index contributed by atoms with van der Waals surface area (Å²) >= 11 is 0. The quantitative estimate of drug-likeness (QED) is 0.783. The number of likely N-dealkylation sites (N-methyl/N-ethyl adjacent to an activating group) is 1. The second kappa shape index (κ2) is 7.51. The Bertz CT molecular complexity index is 911. The lowest BCUT2D eigenvalue weighted by Gasteiger charge is -2.44. The van der Waals surface area contributed by atoms with Crippen LogP contribution in [0.1, 0.15) is 19.8 Å². The molecule has 0 N–H and O–H groups in total. The highest BCUT2D eigenvalue weighted by molar-refractivity contribution is 5.93. The number of nitrogens with zero attached hydrogens (tertiary/aromatic N) is 3. The van der Waals surface area contributed by atoms with Crippen molar-refractivity contribution in [3.63, 3.8) is 0 Å². The van der Waals surface area contributed by atoms with Gasteiger partial charge in [0.25, 0.3) is 0 Å². The molecule has 1 amide bonds. The first-order valence-corrected chi connectivity index (χ1v) is 10.8. The Morgan fingerprint density at radius 1 is 0.967 bits per heavy atom. The van der Waals surface area contributed by atoms with Crippen molar-refractivity contribution in [2.45, 2.75) is 37.5 Å². The highest BCUT2D eigenvalue weighted by atomic mass is 16.6. The number of carbonyl (C=O) groups is 1. The number of fused-ring (bicyclic) bond motifs is 1. The van der Waals surface area contributed by atoms with E-state index in [1.807, 2.05) is 54.4 Å². The van der Waals surface area contributed by atoms with E-state index in [1.54, 1.807) is 0 Å². The normalized spacial score (nSPS) is 25.7. The van der Waals surface area contributed by atoms with Gasteiger partial charge in [0.15, 0.2) is 11.5 Å². The van der Waals surface area contributed by atoms with E-state index in [-0.39, 0.29) is 18.1 Å². The lowest BCUT2D eigenvalue weighted by molar-refractivity contribution is -0.132. The number of carbonyl (C=O) groups excluding carboxylic acids is 1. The summed E-state index contributed by atoms with van der Waals surface area (Å²) in [6.45, 7) is 5.27. The van der Waals surface area contributed by atoms with Crippen molar-refractivity contribution < 1.29 is 14.3 Å². The van der Waals surface area contributed by atoms with Crippen LogP contribution in [0.25, 0.3) is 0 Å². The molecule has 30 heavy (non-hydrogen) atoms. The molecule has 5 rings (SSSR count). The van der Waals surface area contributed by atoms with Gasteiger partial charge in [0.05, 0.1) is 6.67 Å². The van der Waals surface area contributed by atoms with Gasteiger partial charge in [-0.1, -0.05) is 30.3 Å². The molecule has 3 aliphatic rings. The van der Waals surface area contributed by atoms with Crippen LogP contribution in [0.4, 0.5) is 5.69 Å². The summed E-state index contributed by atoms with van der Waals surface area (Å²) < 4.78 is 12.3. The summed E-state index contributed by atoms with van der Waals surface area (Å²) in [4.78, 5) is 19.7. The van der Waals surface area contributed by atoms with E-state index in [0.29, 0.717) is 6.67 Å². The van der Waals surface area contributed by atoms with Crippen LogP contribution in [0.5, 0.6) is 11.5 Å². The molecule has 2 fully saturated rings. The van der Waals surface area contributed by atoms with E-state index < -0.39 is 5.54 Å². The number of para-hydroxylation sites is 3. The molecule has 2 saturated heterocycles. The number of hydrogen-bond acceptors (Lipinski definition) is 5. The molecular weight excluding hydrogens is 378 g/mol. The molecule has 2 atom stereocenters. The third-order valence-electron chi connectivity index (χ3n) is 6.77. The van der Waals surface area contributed by atoms with Gasteiger partial charge >= 0.3 is 0 Å². The molecule has 0 aromatic heterocycles. The Kier molecular flexibility index (Phi) is 4.82. The number of piperidine rings is 1. The smallest absolute Gasteiger partial charge is 0.249 e. The zero-order valence-electron chi connectivity index (χ0n) is 17.7. The average molecular weight is 408 g/mol. The number of amides is 1. The fraction of sp³-hybridized carbons (Fsp3) is 0.458. The zero-order valence-corrected chi connectivity index (χ0v) is 17.7. The lowest BCUT2D eigenvalue weighted by Crippen LogP contribution is -2.58. The summed E-state index contributed by atoms with van der Waals surface area (Å²) in [6, 6.07) is 18.2. The van der Waals surface area contributed by atoms with Gasteiger partial charge in [-0.25, -0.2) is 0 Å². The third kappa shape index (κ3) is 3.19. The van der Waals surface area contributed by atoms with Crippen LogP contribution >= 0.6 is 0 Å². The van der Waals surface area contributed by atoms with E-state index >= 15 is 0 Å². The monoisotopic (exact) mass is 407 g/mol. The van der Waals surface area contributed by atoms with E-state index in [9.17, 15) is 4.79 Å². The zero-order chi connectivity index (χ0) is 20.7. The van der Waals surface area contributed by atoms with Gasteiger partial charge in [-0.05, 0) is 44.0 Å². The molecule has 3 aliphatic heterocycles.